The normalized spacial score (nSPS) is 17.4. The highest BCUT2D eigenvalue weighted by molar-refractivity contribution is 6.62. The van der Waals surface area contributed by atoms with Crippen molar-refractivity contribution in [2.75, 3.05) is 6.61 Å². The Labute approximate surface area is 112 Å². The summed E-state index contributed by atoms with van der Waals surface area (Å²) < 4.78 is 17.8. The van der Waals surface area contributed by atoms with Gasteiger partial charge in [-0.2, -0.15) is 5.10 Å². The van der Waals surface area contributed by atoms with E-state index >= 15 is 0 Å². The minimum absolute atomic E-state index is 0.293. The monoisotopic (exact) mass is 264 g/mol. The quantitative estimate of drug-likeness (QED) is 0.584. The molecule has 7 heteroatoms. The Morgan fingerprint density at radius 1 is 1.63 bits per heavy atom. The van der Waals surface area contributed by atoms with Crippen molar-refractivity contribution in [1.29, 1.82) is 0 Å². The molecule has 0 aromatic carbocycles. The first-order chi connectivity index (χ1) is 8.88. The molecule has 0 N–H and O–H groups in total. The van der Waals surface area contributed by atoms with E-state index in [-0.39, 0.29) is 5.97 Å². The summed E-state index contributed by atoms with van der Waals surface area (Å²) in [7, 11) is -0.482. The van der Waals surface area contributed by atoms with Crippen LogP contribution in [0.4, 0.5) is 0 Å². The highest BCUT2D eigenvalue weighted by Gasteiger charge is 2.43. The zero-order valence-electron chi connectivity index (χ0n) is 11.4. The molecular weight excluding hydrogens is 247 g/mol. The topological polar surface area (TPSA) is 62.6 Å². The van der Waals surface area contributed by atoms with Gasteiger partial charge in [-0.05, 0) is 13.8 Å². The lowest BCUT2D eigenvalue weighted by Gasteiger charge is -2.15. The Morgan fingerprint density at radius 2 is 2.37 bits per heavy atom. The maximum absolute atomic E-state index is 10.7. The molecule has 1 aromatic rings. The number of carbonyl (C=O) groups excluding carboxylic acids is 1. The molecule has 0 atom stereocenters. The SMILES string of the molecule is C=C1OB(c2cnn(CCOC(C)=O)c2)OC1(C)C. The molecule has 0 spiro atoms. The van der Waals surface area contributed by atoms with E-state index in [4.69, 9.17) is 14.0 Å². The van der Waals surface area contributed by atoms with Crippen LogP contribution in [0.2, 0.25) is 0 Å². The maximum Gasteiger partial charge on any atom is 0.566 e. The van der Waals surface area contributed by atoms with Gasteiger partial charge in [-0.1, -0.05) is 6.58 Å². The Hall–Kier alpha value is -1.76. The molecule has 0 bridgehead atoms. The largest absolute Gasteiger partial charge is 0.566 e. The number of hydrogen-bond acceptors (Lipinski definition) is 5. The molecule has 2 rings (SSSR count). The Kier molecular flexibility index (Phi) is 3.66. The minimum atomic E-state index is -0.496. The van der Waals surface area contributed by atoms with Gasteiger partial charge < -0.3 is 14.0 Å². The Morgan fingerprint density at radius 3 is 2.95 bits per heavy atom. The molecule has 1 aliphatic heterocycles. The fraction of sp³-hybridized carbons (Fsp3) is 0.500. The summed E-state index contributed by atoms with van der Waals surface area (Å²) in [5.41, 5.74) is 0.319. The van der Waals surface area contributed by atoms with E-state index in [1.807, 2.05) is 20.0 Å². The average molecular weight is 264 g/mol. The summed E-state index contributed by atoms with van der Waals surface area (Å²) >= 11 is 0. The lowest BCUT2D eigenvalue weighted by Crippen LogP contribution is -2.33. The lowest BCUT2D eigenvalue weighted by molar-refractivity contribution is -0.141. The average Bonchev–Trinajstić information content (AvgIpc) is 2.85. The molecule has 0 aliphatic carbocycles. The van der Waals surface area contributed by atoms with Crippen LogP contribution in [0.1, 0.15) is 20.8 Å². The van der Waals surface area contributed by atoms with Crippen molar-refractivity contribution in [2.24, 2.45) is 0 Å². The van der Waals surface area contributed by atoms with Crippen molar-refractivity contribution < 1.29 is 18.8 Å². The third kappa shape index (κ3) is 3.17. The van der Waals surface area contributed by atoms with Crippen molar-refractivity contribution in [3.8, 4) is 0 Å². The predicted octanol–water partition coefficient (Wildman–Crippen LogP) is 0.480. The first-order valence-corrected chi connectivity index (χ1v) is 6.08. The van der Waals surface area contributed by atoms with Crippen molar-refractivity contribution in [1.82, 2.24) is 9.78 Å². The number of esters is 1. The zero-order valence-corrected chi connectivity index (χ0v) is 11.4. The molecule has 102 valence electrons. The van der Waals surface area contributed by atoms with Crippen molar-refractivity contribution in [3.05, 3.63) is 24.7 Å². The smallest absolute Gasteiger partial charge is 0.534 e. The van der Waals surface area contributed by atoms with Crippen LogP contribution in [-0.4, -0.2) is 35.1 Å². The van der Waals surface area contributed by atoms with Gasteiger partial charge in [-0.3, -0.25) is 9.48 Å². The lowest BCUT2D eigenvalue weighted by atomic mass is 9.82. The standard InChI is InChI=1S/C12H17BN2O4/c1-9-12(3,4)19-13(18-9)11-7-14-15(8-11)5-6-17-10(2)16/h7-8H,1,5-6H2,2-4H3. The molecule has 0 unspecified atom stereocenters. The number of nitrogens with zero attached hydrogens (tertiary/aromatic N) is 2. The van der Waals surface area contributed by atoms with Crippen LogP contribution >= 0.6 is 0 Å². The van der Waals surface area contributed by atoms with E-state index < -0.39 is 12.7 Å². The summed E-state index contributed by atoms with van der Waals surface area (Å²) in [6.45, 7) is 9.80. The van der Waals surface area contributed by atoms with E-state index in [9.17, 15) is 4.79 Å². The van der Waals surface area contributed by atoms with Crippen molar-refractivity contribution in [3.63, 3.8) is 0 Å². The van der Waals surface area contributed by atoms with Gasteiger partial charge in [0.15, 0.2) is 0 Å². The van der Waals surface area contributed by atoms with Crippen molar-refractivity contribution >= 4 is 18.6 Å². The fourth-order valence-electron chi connectivity index (χ4n) is 1.67. The first-order valence-electron chi connectivity index (χ1n) is 6.08. The van der Waals surface area contributed by atoms with Crippen LogP contribution < -0.4 is 5.46 Å². The van der Waals surface area contributed by atoms with Crippen LogP contribution in [0.5, 0.6) is 0 Å². The Balaban J connectivity index is 1.94. The molecule has 0 saturated carbocycles. The third-order valence-electron chi connectivity index (χ3n) is 2.87. The second kappa shape index (κ2) is 5.09. The van der Waals surface area contributed by atoms with E-state index in [0.29, 0.717) is 18.9 Å². The van der Waals surface area contributed by atoms with Gasteiger partial charge in [-0.25, -0.2) is 0 Å². The third-order valence-corrected chi connectivity index (χ3v) is 2.87. The van der Waals surface area contributed by atoms with Crippen LogP contribution in [0, 0.1) is 0 Å². The van der Waals surface area contributed by atoms with E-state index in [2.05, 4.69) is 11.7 Å². The van der Waals surface area contributed by atoms with Crippen LogP contribution in [0.15, 0.2) is 24.7 Å². The van der Waals surface area contributed by atoms with Gasteiger partial charge in [0.25, 0.3) is 0 Å². The maximum atomic E-state index is 10.7. The summed E-state index contributed by atoms with van der Waals surface area (Å²) in [6.07, 6.45) is 3.48. The molecule has 0 amide bonds. The summed E-state index contributed by atoms with van der Waals surface area (Å²) in [5, 5.41) is 4.17. The molecular formula is C12H17BN2O4. The molecule has 1 fully saturated rings. The van der Waals surface area contributed by atoms with Gasteiger partial charge in [0.05, 0.1) is 18.5 Å². The van der Waals surface area contributed by atoms with Crippen LogP contribution in [0.25, 0.3) is 0 Å². The van der Waals surface area contributed by atoms with Gasteiger partial charge in [0.1, 0.15) is 12.2 Å². The van der Waals surface area contributed by atoms with E-state index in [1.54, 1.807) is 10.9 Å². The predicted molar refractivity (Wildman–Crippen MR) is 69.6 cm³/mol. The summed E-state index contributed by atoms with van der Waals surface area (Å²) in [4.78, 5) is 10.7. The fourth-order valence-corrected chi connectivity index (χ4v) is 1.67. The summed E-state index contributed by atoms with van der Waals surface area (Å²) in [6, 6.07) is 0. The van der Waals surface area contributed by atoms with E-state index in [0.717, 1.165) is 5.46 Å². The second-order valence-corrected chi connectivity index (χ2v) is 4.88. The zero-order chi connectivity index (χ0) is 14.0. The molecule has 1 aliphatic rings. The number of rotatable bonds is 4. The number of ether oxygens (including phenoxy) is 1. The van der Waals surface area contributed by atoms with Gasteiger partial charge in [0, 0.05) is 18.6 Å². The summed E-state index contributed by atoms with van der Waals surface area (Å²) in [5.74, 6) is 0.304. The molecule has 0 radical (unpaired) electrons. The number of aromatic nitrogens is 2. The van der Waals surface area contributed by atoms with E-state index in [1.165, 1.54) is 6.92 Å². The second-order valence-electron chi connectivity index (χ2n) is 4.88. The molecule has 1 saturated heterocycles. The van der Waals surface area contributed by atoms with Crippen molar-refractivity contribution in [2.45, 2.75) is 32.9 Å². The molecule has 19 heavy (non-hydrogen) atoms. The van der Waals surface area contributed by atoms with Gasteiger partial charge in [-0.15, -0.1) is 0 Å². The van der Waals surface area contributed by atoms with Crippen LogP contribution in [-0.2, 0) is 25.4 Å². The minimum Gasteiger partial charge on any atom is -0.534 e. The molecule has 2 heterocycles. The van der Waals surface area contributed by atoms with Gasteiger partial charge in [0.2, 0.25) is 0 Å². The molecule has 6 nitrogen and oxygen atoms in total. The molecule has 1 aromatic heterocycles. The highest BCUT2D eigenvalue weighted by atomic mass is 16.7. The Bertz CT molecular complexity index is 498. The van der Waals surface area contributed by atoms with Gasteiger partial charge >= 0.3 is 13.1 Å². The first kappa shape index (κ1) is 13.7. The van der Waals surface area contributed by atoms with Crippen LogP contribution in [0.3, 0.4) is 0 Å². The number of carbonyl (C=O) groups is 1. The highest BCUT2D eigenvalue weighted by Crippen LogP contribution is 2.28. The number of hydrogen-bond donors (Lipinski definition) is 0.